The van der Waals surface area contributed by atoms with Gasteiger partial charge in [-0.15, -0.1) is 0 Å². The van der Waals surface area contributed by atoms with Gasteiger partial charge in [0.15, 0.2) is 0 Å². The van der Waals surface area contributed by atoms with Crippen LogP contribution in [-0.2, 0) is 0 Å². The summed E-state index contributed by atoms with van der Waals surface area (Å²) in [5.41, 5.74) is 4.05. The largest absolute Gasteiger partial charge is 0.497 e. The van der Waals surface area contributed by atoms with Crippen LogP contribution in [-0.4, -0.2) is 17.1 Å². The van der Waals surface area contributed by atoms with Crippen LogP contribution >= 0.6 is 0 Å². The van der Waals surface area contributed by atoms with E-state index in [0.717, 1.165) is 28.1 Å². The second-order valence-electron chi connectivity index (χ2n) is 4.41. The fourth-order valence-corrected chi connectivity index (χ4v) is 2.07. The lowest BCUT2D eigenvalue weighted by Crippen LogP contribution is -1.87. The van der Waals surface area contributed by atoms with E-state index in [1.807, 2.05) is 54.9 Å². The van der Waals surface area contributed by atoms with Gasteiger partial charge in [0, 0.05) is 29.7 Å². The van der Waals surface area contributed by atoms with E-state index in [-0.39, 0.29) is 0 Å². The molecule has 3 rings (SSSR count). The molecule has 2 aromatic heterocycles. The standard InChI is InChI=1S/C17H14N2O/c1-20-16-6-4-5-13(10-16)14-9-15(12-18-11-14)17-7-2-3-8-19-17/h2-12H,1H3. The summed E-state index contributed by atoms with van der Waals surface area (Å²) in [6.07, 6.45) is 5.46. The van der Waals surface area contributed by atoms with Crippen molar-refractivity contribution >= 4 is 0 Å². The summed E-state index contributed by atoms with van der Waals surface area (Å²) in [5, 5.41) is 0. The maximum absolute atomic E-state index is 5.26. The second-order valence-corrected chi connectivity index (χ2v) is 4.41. The summed E-state index contributed by atoms with van der Waals surface area (Å²) < 4.78 is 5.26. The molecular weight excluding hydrogens is 248 g/mol. The first-order chi connectivity index (χ1) is 9.86. The Bertz CT molecular complexity index is 711. The van der Waals surface area contributed by atoms with Gasteiger partial charge in [0.25, 0.3) is 0 Å². The predicted octanol–water partition coefficient (Wildman–Crippen LogP) is 3.82. The molecule has 0 bridgehead atoms. The van der Waals surface area contributed by atoms with Crippen molar-refractivity contribution < 1.29 is 4.74 Å². The Balaban J connectivity index is 2.03. The normalized spacial score (nSPS) is 10.2. The maximum Gasteiger partial charge on any atom is 0.119 e. The Hall–Kier alpha value is -2.68. The van der Waals surface area contributed by atoms with Crippen molar-refractivity contribution in [2.45, 2.75) is 0 Å². The van der Waals surface area contributed by atoms with Crippen LogP contribution in [0.4, 0.5) is 0 Å². The van der Waals surface area contributed by atoms with Crippen molar-refractivity contribution in [1.29, 1.82) is 0 Å². The van der Waals surface area contributed by atoms with E-state index in [4.69, 9.17) is 4.74 Å². The molecule has 1 aromatic carbocycles. The van der Waals surface area contributed by atoms with Crippen LogP contribution in [0.2, 0.25) is 0 Å². The molecule has 0 amide bonds. The quantitative estimate of drug-likeness (QED) is 0.719. The molecule has 98 valence electrons. The highest BCUT2D eigenvalue weighted by Gasteiger charge is 2.04. The molecule has 0 radical (unpaired) electrons. The van der Waals surface area contributed by atoms with Gasteiger partial charge in [-0.05, 0) is 35.9 Å². The molecular formula is C17H14N2O. The summed E-state index contributed by atoms with van der Waals surface area (Å²) >= 11 is 0. The molecule has 0 aliphatic heterocycles. The van der Waals surface area contributed by atoms with Crippen LogP contribution < -0.4 is 4.74 Å². The van der Waals surface area contributed by atoms with Crippen LogP contribution in [0.15, 0.2) is 67.1 Å². The minimum atomic E-state index is 0.839. The van der Waals surface area contributed by atoms with Crippen LogP contribution in [0, 0.1) is 0 Å². The van der Waals surface area contributed by atoms with Crippen molar-refractivity contribution in [3.05, 3.63) is 67.1 Å². The Kier molecular flexibility index (Phi) is 3.42. The Morgan fingerprint density at radius 3 is 2.55 bits per heavy atom. The van der Waals surface area contributed by atoms with Crippen molar-refractivity contribution in [2.24, 2.45) is 0 Å². The first-order valence-electron chi connectivity index (χ1n) is 6.38. The maximum atomic E-state index is 5.26. The third-order valence-corrected chi connectivity index (χ3v) is 3.10. The first-order valence-corrected chi connectivity index (χ1v) is 6.38. The minimum absolute atomic E-state index is 0.839. The molecule has 0 unspecified atom stereocenters. The van der Waals surface area contributed by atoms with Crippen LogP contribution in [0.5, 0.6) is 5.75 Å². The highest BCUT2D eigenvalue weighted by atomic mass is 16.5. The topological polar surface area (TPSA) is 35.0 Å². The number of hydrogen-bond donors (Lipinski definition) is 0. The van der Waals surface area contributed by atoms with Crippen LogP contribution in [0.25, 0.3) is 22.4 Å². The lowest BCUT2D eigenvalue weighted by Gasteiger charge is -2.06. The fourth-order valence-electron chi connectivity index (χ4n) is 2.07. The van der Waals surface area contributed by atoms with Crippen molar-refractivity contribution in [3.63, 3.8) is 0 Å². The number of ether oxygens (including phenoxy) is 1. The summed E-state index contributed by atoms with van der Waals surface area (Å²) in [6, 6.07) is 15.9. The second kappa shape index (κ2) is 5.53. The minimum Gasteiger partial charge on any atom is -0.497 e. The highest BCUT2D eigenvalue weighted by Crippen LogP contribution is 2.26. The smallest absolute Gasteiger partial charge is 0.119 e. The summed E-state index contributed by atoms with van der Waals surface area (Å²) in [5.74, 6) is 0.839. The van der Waals surface area contributed by atoms with E-state index in [1.54, 1.807) is 13.3 Å². The van der Waals surface area contributed by atoms with E-state index in [0.29, 0.717) is 0 Å². The van der Waals surface area contributed by atoms with E-state index < -0.39 is 0 Å². The number of pyridine rings is 2. The van der Waals surface area contributed by atoms with Crippen molar-refractivity contribution in [3.8, 4) is 28.1 Å². The molecule has 0 aliphatic carbocycles. The lowest BCUT2D eigenvalue weighted by atomic mass is 10.0. The van der Waals surface area contributed by atoms with E-state index >= 15 is 0 Å². The number of benzene rings is 1. The zero-order chi connectivity index (χ0) is 13.8. The van der Waals surface area contributed by atoms with Crippen molar-refractivity contribution in [1.82, 2.24) is 9.97 Å². The van der Waals surface area contributed by atoms with Crippen LogP contribution in [0.3, 0.4) is 0 Å². The number of nitrogens with zero attached hydrogens (tertiary/aromatic N) is 2. The summed E-state index contributed by atoms with van der Waals surface area (Å²) in [4.78, 5) is 8.66. The molecule has 0 saturated carbocycles. The average Bonchev–Trinajstić information content (AvgIpc) is 2.56. The molecule has 3 aromatic rings. The zero-order valence-corrected chi connectivity index (χ0v) is 11.2. The third kappa shape index (κ3) is 2.52. The molecule has 3 heteroatoms. The van der Waals surface area contributed by atoms with Gasteiger partial charge < -0.3 is 4.74 Å². The van der Waals surface area contributed by atoms with Crippen LogP contribution in [0.1, 0.15) is 0 Å². The van der Waals surface area contributed by atoms with Gasteiger partial charge in [0.2, 0.25) is 0 Å². The van der Waals surface area contributed by atoms with Gasteiger partial charge in [0.05, 0.1) is 12.8 Å². The summed E-state index contributed by atoms with van der Waals surface area (Å²) in [7, 11) is 1.67. The average molecular weight is 262 g/mol. The van der Waals surface area contributed by atoms with Gasteiger partial charge in [-0.3, -0.25) is 9.97 Å². The molecule has 20 heavy (non-hydrogen) atoms. The molecule has 3 nitrogen and oxygen atoms in total. The zero-order valence-electron chi connectivity index (χ0n) is 11.2. The first kappa shape index (κ1) is 12.4. The molecule has 0 spiro atoms. The van der Waals surface area contributed by atoms with E-state index in [2.05, 4.69) is 16.0 Å². The van der Waals surface area contributed by atoms with E-state index in [9.17, 15) is 0 Å². The van der Waals surface area contributed by atoms with Gasteiger partial charge in [-0.2, -0.15) is 0 Å². The van der Waals surface area contributed by atoms with E-state index in [1.165, 1.54) is 0 Å². The van der Waals surface area contributed by atoms with Gasteiger partial charge in [-0.1, -0.05) is 18.2 Å². The van der Waals surface area contributed by atoms with Gasteiger partial charge in [0.1, 0.15) is 5.75 Å². The number of rotatable bonds is 3. The SMILES string of the molecule is COc1cccc(-c2cncc(-c3ccccn3)c2)c1. The molecule has 0 N–H and O–H groups in total. The Morgan fingerprint density at radius 2 is 1.75 bits per heavy atom. The summed E-state index contributed by atoms with van der Waals surface area (Å²) in [6.45, 7) is 0. The molecule has 0 atom stereocenters. The monoisotopic (exact) mass is 262 g/mol. The van der Waals surface area contributed by atoms with Gasteiger partial charge >= 0.3 is 0 Å². The number of methoxy groups -OCH3 is 1. The number of aromatic nitrogens is 2. The highest BCUT2D eigenvalue weighted by molar-refractivity contribution is 5.70. The molecule has 0 aliphatic rings. The molecule has 0 fully saturated rings. The Labute approximate surface area is 117 Å². The van der Waals surface area contributed by atoms with Crippen molar-refractivity contribution in [2.75, 3.05) is 7.11 Å². The Morgan fingerprint density at radius 1 is 0.850 bits per heavy atom. The third-order valence-electron chi connectivity index (χ3n) is 3.10. The molecule has 0 saturated heterocycles. The molecule has 2 heterocycles. The predicted molar refractivity (Wildman–Crippen MR) is 79.5 cm³/mol. The lowest BCUT2D eigenvalue weighted by molar-refractivity contribution is 0.415. The fraction of sp³-hybridized carbons (Fsp3) is 0.0588. The van der Waals surface area contributed by atoms with Gasteiger partial charge in [-0.25, -0.2) is 0 Å². The number of hydrogen-bond acceptors (Lipinski definition) is 3.